The molecule has 10 heteroatoms. The van der Waals surface area contributed by atoms with Crippen LogP contribution in [0.5, 0.6) is 0 Å². The SMILES string of the molecule is O=C(O)c1cc(Br)cc(C(=O)O)c1.O=C(O)c1cc(Br)cc(C(=O)O)c1. The van der Waals surface area contributed by atoms with Crippen LogP contribution in [-0.4, -0.2) is 44.3 Å². The van der Waals surface area contributed by atoms with E-state index in [1.165, 1.54) is 24.3 Å². The molecule has 0 amide bonds. The van der Waals surface area contributed by atoms with Gasteiger partial charge in [0.2, 0.25) is 0 Å². The van der Waals surface area contributed by atoms with Crippen LogP contribution in [-0.2, 0) is 0 Å². The molecule has 136 valence electrons. The summed E-state index contributed by atoms with van der Waals surface area (Å²) in [5, 5.41) is 34.4. The highest BCUT2D eigenvalue weighted by molar-refractivity contribution is 9.10. The van der Waals surface area contributed by atoms with E-state index in [1.807, 2.05) is 0 Å². The van der Waals surface area contributed by atoms with Gasteiger partial charge in [0, 0.05) is 8.95 Å². The third-order valence-electron chi connectivity index (χ3n) is 2.78. The highest BCUT2D eigenvalue weighted by Crippen LogP contribution is 2.16. The maximum absolute atomic E-state index is 10.5. The summed E-state index contributed by atoms with van der Waals surface area (Å²) >= 11 is 6.05. The molecule has 0 aliphatic heterocycles. The average molecular weight is 490 g/mol. The number of carbonyl (C=O) groups is 4. The third kappa shape index (κ3) is 6.30. The zero-order valence-corrected chi connectivity index (χ0v) is 15.8. The number of carboxylic acid groups (broad SMARTS) is 4. The molecule has 0 saturated heterocycles. The summed E-state index contributed by atoms with van der Waals surface area (Å²) in [6, 6.07) is 7.58. The van der Waals surface area contributed by atoms with Crippen LogP contribution in [0, 0.1) is 0 Å². The molecule has 0 unspecified atom stereocenters. The lowest BCUT2D eigenvalue weighted by Crippen LogP contribution is -2.02. The summed E-state index contributed by atoms with van der Waals surface area (Å²) < 4.78 is 0.870. The lowest BCUT2D eigenvalue weighted by molar-refractivity contribution is 0.0676. The Labute approximate surface area is 163 Å². The van der Waals surface area contributed by atoms with Crippen molar-refractivity contribution in [3.8, 4) is 0 Å². The molecular weight excluding hydrogens is 480 g/mol. The van der Waals surface area contributed by atoms with Gasteiger partial charge < -0.3 is 20.4 Å². The van der Waals surface area contributed by atoms with E-state index in [4.69, 9.17) is 20.4 Å². The number of halogens is 2. The van der Waals surface area contributed by atoms with Crippen molar-refractivity contribution < 1.29 is 39.6 Å². The summed E-state index contributed by atoms with van der Waals surface area (Å²) in [4.78, 5) is 42.1. The number of aromatic carboxylic acids is 4. The molecule has 0 aromatic heterocycles. The van der Waals surface area contributed by atoms with Crippen molar-refractivity contribution in [1.29, 1.82) is 0 Å². The van der Waals surface area contributed by atoms with Crippen molar-refractivity contribution >= 4 is 55.7 Å². The molecule has 0 spiro atoms. The first kappa shape index (κ1) is 21.3. The minimum absolute atomic E-state index is 0.0493. The molecule has 0 bridgehead atoms. The van der Waals surface area contributed by atoms with Gasteiger partial charge in [0.05, 0.1) is 22.3 Å². The summed E-state index contributed by atoms with van der Waals surface area (Å²) in [5.41, 5.74) is -0.197. The predicted molar refractivity (Wildman–Crippen MR) is 96.1 cm³/mol. The van der Waals surface area contributed by atoms with Crippen LogP contribution in [0.2, 0.25) is 0 Å². The van der Waals surface area contributed by atoms with E-state index in [1.54, 1.807) is 0 Å². The minimum atomic E-state index is -1.15. The molecule has 0 aliphatic carbocycles. The van der Waals surface area contributed by atoms with Crippen LogP contribution >= 0.6 is 31.9 Å². The average Bonchev–Trinajstić information content (AvgIpc) is 2.54. The third-order valence-corrected chi connectivity index (χ3v) is 3.70. The fourth-order valence-corrected chi connectivity index (χ4v) is 2.66. The maximum atomic E-state index is 10.5. The zero-order chi connectivity index (χ0) is 20.0. The molecule has 2 aromatic rings. The molecule has 0 saturated carbocycles. The Morgan fingerprint density at radius 1 is 0.500 bits per heavy atom. The van der Waals surface area contributed by atoms with Crippen LogP contribution in [0.4, 0.5) is 0 Å². The van der Waals surface area contributed by atoms with Crippen molar-refractivity contribution in [3.05, 3.63) is 67.6 Å². The smallest absolute Gasteiger partial charge is 0.335 e. The molecule has 2 rings (SSSR count). The molecule has 26 heavy (non-hydrogen) atoms. The van der Waals surface area contributed by atoms with Gasteiger partial charge in [-0.3, -0.25) is 0 Å². The van der Waals surface area contributed by atoms with Gasteiger partial charge in [-0.1, -0.05) is 31.9 Å². The second kappa shape index (κ2) is 9.11. The summed E-state index contributed by atoms with van der Waals surface area (Å²) in [6.07, 6.45) is 0. The van der Waals surface area contributed by atoms with E-state index >= 15 is 0 Å². The second-order valence-electron chi connectivity index (χ2n) is 4.68. The number of hydrogen-bond donors (Lipinski definition) is 4. The van der Waals surface area contributed by atoms with E-state index in [0.29, 0.717) is 8.95 Å². The number of rotatable bonds is 4. The predicted octanol–water partition coefficient (Wildman–Crippen LogP) is 3.69. The standard InChI is InChI=1S/2C8H5BrO4/c2*9-6-2-4(7(10)11)1-5(3-6)8(12)13/h2*1-3H,(H,10,11)(H,12,13). The molecule has 8 nitrogen and oxygen atoms in total. The van der Waals surface area contributed by atoms with Crippen LogP contribution in [0.15, 0.2) is 45.3 Å². The Balaban J connectivity index is 0.000000260. The fraction of sp³-hybridized carbons (Fsp3) is 0. The van der Waals surface area contributed by atoms with Crippen LogP contribution in [0.1, 0.15) is 41.4 Å². The molecule has 0 atom stereocenters. The van der Waals surface area contributed by atoms with Crippen molar-refractivity contribution in [2.45, 2.75) is 0 Å². The Hall–Kier alpha value is -2.72. The summed E-state index contributed by atoms with van der Waals surface area (Å²) in [5.74, 6) is -4.60. The largest absolute Gasteiger partial charge is 0.478 e. The van der Waals surface area contributed by atoms with Crippen LogP contribution in [0.25, 0.3) is 0 Å². The highest BCUT2D eigenvalue weighted by Gasteiger charge is 2.10. The molecule has 0 fully saturated rings. The van der Waals surface area contributed by atoms with E-state index in [0.717, 1.165) is 12.1 Å². The van der Waals surface area contributed by atoms with Crippen molar-refractivity contribution in [1.82, 2.24) is 0 Å². The van der Waals surface area contributed by atoms with Crippen molar-refractivity contribution in [2.75, 3.05) is 0 Å². The zero-order valence-electron chi connectivity index (χ0n) is 12.6. The molecule has 0 radical (unpaired) electrons. The quantitative estimate of drug-likeness (QED) is 0.507. The molecule has 4 N–H and O–H groups in total. The Morgan fingerprint density at radius 2 is 0.692 bits per heavy atom. The van der Waals surface area contributed by atoms with Gasteiger partial charge in [-0.05, 0) is 36.4 Å². The van der Waals surface area contributed by atoms with Gasteiger partial charge in [0.1, 0.15) is 0 Å². The Bertz CT molecular complexity index is 754. The van der Waals surface area contributed by atoms with E-state index < -0.39 is 23.9 Å². The summed E-state index contributed by atoms with van der Waals surface area (Å²) in [6.45, 7) is 0. The van der Waals surface area contributed by atoms with E-state index in [2.05, 4.69) is 31.9 Å². The second-order valence-corrected chi connectivity index (χ2v) is 6.51. The van der Waals surface area contributed by atoms with Gasteiger partial charge >= 0.3 is 23.9 Å². The van der Waals surface area contributed by atoms with E-state index in [9.17, 15) is 19.2 Å². The molecular formula is C16H10Br2O8. The lowest BCUT2D eigenvalue weighted by atomic mass is 10.1. The van der Waals surface area contributed by atoms with E-state index in [-0.39, 0.29) is 22.3 Å². The van der Waals surface area contributed by atoms with Gasteiger partial charge in [-0.15, -0.1) is 0 Å². The van der Waals surface area contributed by atoms with Gasteiger partial charge in [-0.25, -0.2) is 19.2 Å². The minimum Gasteiger partial charge on any atom is -0.478 e. The normalized spacial score (nSPS) is 9.62. The number of benzene rings is 2. The monoisotopic (exact) mass is 488 g/mol. The first-order valence-corrected chi connectivity index (χ1v) is 8.14. The topological polar surface area (TPSA) is 149 Å². The van der Waals surface area contributed by atoms with Gasteiger partial charge in [0.25, 0.3) is 0 Å². The Morgan fingerprint density at radius 3 is 0.846 bits per heavy atom. The van der Waals surface area contributed by atoms with Crippen molar-refractivity contribution in [3.63, 3.8) is 0 Å². The number of hydrogen-bond acceptors (Lipinski definition) is 4. The molecule has 0 heterocycles. The Kier molecular flexibility index (Phi) is 7.47. The van der Waals surface area contributed by atoms with Crippen molar-refractivity contribution in [2.24, 2.45) is 0 Å². The van der Waals surface area contributed by atoms with Crippen LogP contribution in [0.3, 0.4) is 0 Å². The first-order chi connectivity index (χ1) is 12.0. The molecule has 2 aromatic carbocycles. The lowest BCUT2D eigenvalue weighted by Gasteiger charge is -1.98. The van der Waals surface area contributed by atoms with Gasteiger partial charge in [0.15, 0.2) is 0 Å². The maximum Gasteiger partial charge on any atom is 0.335 e. The fourth-order valence-electron chi connectivity index (χ4n) is 1.67. The van der Waals surface area contributed by atoms with Crippen LogP contribution < -0.4 is 0 Å². The van der Waals surface area contributed by atoms with Gasteiger partial charge in [-0.2, -0.15) is 0 Å². The molecule has 0 aliphatic rings. The number of carboxylic acids is 4. The first-order valence-electron chi connectivity index (χ1n) is 6.55. The highest BCUT2D eigenvalue weighted by atomic mass is 79.9. The summed E-state index contributed by atoms with van der Waals surface area (Å²) in [7, 11) is 0.